The van der Waals surface area contributed by atoms with Gasteiger partial charge >= 0.3 is 5.69 Å². The van der Waals surface area contributed by atoms with E-state index in [9.17, 15) is 29.7 Å². The van der Waals surface area contributed by atoms with Gasteiger partial charge in [0.2, 0.25) is 5.91 Å². The molecule has 3 atom stereocenters. The number of rotatable bonds is 8. The molecule has 1 aromatic rings. The van der Waals surface area contributed by atoms with Crippen molar-refractivity contribution >= 4 is 17.4 Å². The SMILES string of the molecule is CCC(=O)Nc1c(NC[C@H](O)[C@H](O)[C@H](O)CO)[nH]c(=O)[nH]c1=O. The average Bonchev–Trinajstić information content (AvgIpc) is 2.53. The van der Waals surface area contributed by atoms with Crippen LogP contribution in [0.25, 0.3) is 0 Å². The van der Waals surface area contributed by atoms with Crippen molar-refractivity contribution in [1.29, 1.82) is 0 Å². The summed E-state index contributed by atoms with van der Waals surface area (Å²) in [5.41, 5.74) is -1.93. The van der Waals surface area contributed by atoms with Gasteiger partial charge in [-0.25, -0.2) is 4.79 Å². The highest BCUT2D eigenvalue weighted by Gasteiger charge is 2.24. The first-order chi connectivity index (χ1) is 10.8. The van der Waals surface area contributed by atoms with Crippen molar-refractivity contribution in [2.24, 2.45) is 0 Å². The van der Waals surface area contributed by atoms with Crippen molar-refractivity contribution in [3.63, 3.8) is 0 Å². The molecule has 0 radical (unpaired) electrons. The molecule has 0 spiro atoms. The van der Waals surface area contributed by atoms with Gasteiger partial charge < -0.3 is 31.1 Å². The van der Waals surface area contributed by atoms with Crippen molar-refractivity contribution in [3.8, 4) is 0 Å². The van der Waals surface area contributed by atoms with Crippen LogP contribution in [0, 0.1) is 0 Å². The van der Waals surface area contributed by atoms with E-state index in [4.69, 9.17) is 5.11 Å². The molecule has 1 heterocycles. The van der Waals surface area contributed by atoms with Crippen LogP contribution in [0.2, 0.25) is 0 Å². The number of carbonyl (C=O) groups is 1. The number of amides is 1. The van der Waals surface area contributed by atoms with Crippen LogP contribution in [-0.4, -0.2) is 67.8 Å². The first-order valence-corrected chi connectivity index (χ1v) is 6.85. The maximum atomic E-state index is 11.7. The molecule has 1 amide bonds. The number of hydrogen-bond acceptors (Lipinski definition) is 8. The van der Waals surface area contributed by atoms with Crippen molar-refractivity contribution < 1.29 is 25.2 Å². The molecule has 0 unspecified atom stereocenters. The summed E-state index contributed by atoms with van der Waals surface area (Å²) in [5.74, 6) is -0.632. The maximum Gasteiger partial charge on any atom is 0.327 e. The lowest BCUT2D eigenvalue weighted by molar-refractivity contribution is -0.115. The Morgan fingerprint density at radius 3 is 2.39 bits per heavy atom. The molecule has 0 saturated heterocycles. The molecule has 0 aromatic carbocycles. The van der Waals surface area contributed by atoms with E-state index < -0.39 is 42.1 Å². The molecular formula is C12H20N4O7. The first kappa shape index (κ1) is 18.8. The monoisotopic (exact) mass is 332 g/mol. The first-order valence-electron chi connectivity index (χ1n) is 6.85. The van der Waals surface area contributed by atoms with Gasteiger partial charge in [-0.1, -0.05) is 6.92 Å². The maximum absolute atomic E-state index is 11.7. The average molecular weight is 332 g/mol. The van der Waals surface area contributed by atoms with Gasteiger partial charge in [-0.05, 0) is 0 Å². The quantitative estimate of drug-likeness (QED) is 0.246. The fraction of sp³-hybridized carbons (Fsp3) is 0.583. The Bertz CT molecular complexity index is 641. The Morgan fingerprint density at radius 2 is 1.83 bits per heavy atom. The predicted molar refractivity (Wildman–Crippen MR) is 80.2 cm³/mol. The van der Waals surface area contributed by atoms with Gasteiger partial charge in [-0.15, -0.1) is 0 Å². The van der Waals surface area contributed by atoms with E-state index in [1.165, 1.54) is 0 Å². The van der Waals surface area contributed by atoms with Crippen LogP contribution < -0.4 is 21.9 Å². The topological polar surface area (TPSA) is 188 Å². The molecule has 130 valence electrons. The number of nitrogens with one attached hydrogen (secondary N) is 4. The third-order valence-corrected chi connectivity index (χ3v) is 2.99. The van der Waals surface area contributed by atoms with Crippen LogP contribution in [-0.2, 0) is 4.79 Å². The smallest absolute Gasteiger partial charge is 0.327 e. The molecule has 11 heteroatoms. The summed E-state index contributed by atoms with van der Waals surface area (Å²) in [5, 5.41) is 41.9. The molecular weight excluding hydrogens is 312 g/mol. The predicted octanol–water partition coefficient (Wildman–Crippen LogP) is -3.10. The van der Waals surface area contributed by atoms with Gasteiger partial charge in [-0.2, -0.15) is 0 Å². The standard InChI is InChI=1S/C12H20N4O7/c1-2-7(20)14-8-10(15-12(23)16-11(8)22)13-3-5(18)9(21)6(19)4-17/h5-6,9,17-19,21H,2-4H2,1H3,(H,14,20)(H3,13,15,16,22,23)/t5-,6+,9-/m0/s1. The Labute approximate surface area is 130 Å². The van der Waals surface area contributed by atoms with E-state index in [-0.39, 0.29) is 24.5 Å². The molecule has 0 bridgehead atoms. The van der Waals surface area contributed by atoms with E-state index in [2.05, 4.69) is 15.6 Å². The van der Waals surface area contributed by atoms with Crippen LogP contribution in [0.15, 0.2) is 9.59 Å². The highest BCUT2D eigenvalue weighted by molar-refractivity contribution is 5.92. The lowest BCUT2D eigenvalue weighted by Crippen LogP contribution is -2.43. The minimum Gasteiger partial charge on any atom is -0.394 e. The van der Waals surface area contributed by atoms with Crippen LogP contribution in [0.5, 0.6) is 0 Å². The fourth-order valence-electron chi connectivity index (χ4n) is 1.66. The summed E-state index contributed by atoms with van der Waals surface area (Å²) in [7, 11) is 0. The molecule has 0 aliphatic heterocycles. The summed E-state index contributed by atoms with van der Waals surface area (Å²) in [6.45, 7) is 0.448. The van der Waals surface area contributed by atoms with Gasteiger partial charge in [-0.3, -0.25) is 19.6 Å². The molecule has 8 N–H and O–H groups in total. The van der Waals surface area contributed by atoms with Crippen LogP contribution in [0.4, 0.5) is 11.5 Å². The van der Waals surface area contributed by atoms with Gasteiger partial charge in [0.1, 0.15) is 23.7 Å². The number of hydrogen-bond donors (Lipinski definition) is 8. The molecule has 0 aliphatic carbocycles. The summed E-state index contributed by atoms with van der Waals surface area (Å²) >= 11 is 0. The number of H-pyrrole nitrogens is 2. The number of carbonyl (C=O) groups excluding carboxylic acids is 1. The zero-order valence-electron chi connectivity index (χ0n) is 12.4. The second-order valence-corrected chi connectivity index (χ2v) is 4.75. The van der Waals surface area contributed by atoms with Crippen molar-refractivity contribution in [1.82, 2.24) is 9.97 Å². The Hall–Kier alpha value is -2.21. The van der Waals surface area contributed by atoms with Gasteiger partial charge in [0, 0.05) is 13.0 Å². The van der Waals surface area contributed by atoms with Crippen molar-refractivity contribution in [2.45, 2.75) is 31.7 Å². The van der Waals surface area contributed by atoms with E-state index in [0.717, 1.165) is 0 Å². The Morgan fingerprint density at radius 1 is 1.17 bits per heavy atom. The summed E-state index contributed by atoms with van der Waals surface area (Å²) in [6, 6.07) is 0. The van der Waals surface area contributed by atoms with Crippen LogP contribution in [0.3, 0.4) is 0 Å². The third-order valence-electron chi connectivity index (χ3n) is 2.99. The van der Waals surface area contributed by atoms with Crippen LogP contribution in [0.1, 0.15) is 13.3 Å². The van der Waals surface area contributed by atoms with E-state index in [1.54, 1.807) is 6.92 Å². The number of aliphatic hydroxyl groups is 4. The highest BCUT2D eigenvalue weighted by Crippen LogP contribution is 2.12. The fourth-order valence-corrected chi connectivity index (χ4v) is 1.66. The zero-order chi connectivity index (χ0) is 17.6. The summed E-state index contributed by atoms with van der Waals surface area (Å²) < 4.78 is 0. The van der Waals surface area contributed by atoms with Crippen molar-refractivity contribution in [2.75, 3.05) is 23.8 Å². The van der Waals surface area contributed by atoms with Crippen LogP contribution >= 0.6 is 0 Å². The molecule has 0 aliphatic rings. The number of aliphatic hydroxyl groups excluding tert-OH is 4. The van der Waals surface area contributed by atoms with E-state index in [0.29, 0.717) is 0 Å². The molecule has 1 rings (SSSR count). The number of anilines is 2. The largest absolute Gasteiger partial charge is 0.394 e. The van der Waals surface area contributed by atoms with Crippen molar-refractivity contribution in [3.05, 3.63) is 20.8 Å². The Balaban J connectivity index is 2.93. The highest BCUT2D eigenvalue weighted by atomic mass is 16.4. The normalized spacial score (nSPS) is 14.8. The van der Waals surface area contributed by atoms with Gasteiger partial charge in [0.15, 0.2) is 0 Å². The second kappa shape index (κ2) is 8.43. The summed E-state index contributed by atoms with van der Waals surface area (Å²) in [4.78, 5) is 38.6. The zero-order valence-corrected chi connectivity index (χ0v) is 12.4. The third kappa shape index (κ3) is 5.17. The van der Waals surface area contributed by atoms with E-state index >= 15 is 0 Å². The lowest BCUT2D eigenvalue weighted by Gasteiger charge is -2.22. The molecule has 23 heavy (non-hydrogen) atoms. The van der Waals surface area contributed by atoms with Gasteiger partial charge in [0.25, 0.3) is 5.56 Å². The minimum absolute atomic E-state index is 0.0992. The minimum atomic E-state index is -1.64. The second-order valence-electron chi connectivity index (χ2n) is 4.75. The van der Waals surface area contributed by atoms with Gasteiger partial charge in [0.05, 0.1) is 12.7 Å². The molecule has 0 saturated carbocycles. The Kier molecular flexibility index (Phi) is 6.90. The number of aromatic amines is 2. The molecule has 1 aromatic heterocycles. The molecule has 11 nitrogen and oxygen atoms in total. The number of aromatic nitrogens is 2. The lowest BCUT2D eigenvalue weighted by atomic mass is 10.1. The molecule has 0 fully saturated rings. The summed E-state index contributed by atoms with van der Waals surface area (Å²) in [6.07, 6.45) is -4.60. The van der Waals surface area contributed by atoms with E-state index in [1.807, 2.05) is 4.98 Å².